The van der Waals surface area contributed by atoms with Gasteiger partial charge in [0.2, 0.25) is 0 Å². The maximum Gasteiger partial charge on any atom is 0.300 e. The third-order valence-electron chi connectivity index (χ3n) is 5.55. The lowest BCUT2D eigenvalue weighted by molar-refractivity contribution is -0.132. The third-order valence-corrected chi connectivity index (χ3v) is 5.55. The van der Waals surface area contributed by atoms with Crippen molar-refractivity contribution in [2.45, 2.75) is 32.9 Å². The van der Waals surface area contributed by atoms with Gasteiger partial charge in [-0.3, -0.25) is 14.5 Å². The smallest absolute Gasteiger partial charge is 0.300 e. The van der Waals surface area contributed by atoms with Crippen LogP contribution in [-0.2, 0) is 9.59 Å². The molecule has 174 valence electrons. The highest BCUT2D eigenvalue weighted by molar-refractivity contribution is 6.51. The van der Waals surface area contributed by atoms with Gasteiger partial charge >= 0.3 is 0 Å². The SMILES string of the molecule is Cc1cc(/C(O)=C2/C(=O)C(=O)N(c3ccc(F)cc3)C2c2cccc(O)c2)ccc1OC(C)C. The molecule has 3 aromatic carbocycles. The standard InChI is InChI=1S/C27H24FNO5/c1-15(2)34-22-12-7-18(13-16(22)3)25(31)23-24(17-5-4-6-21(30)14-17)29(27(33)26(23)32)20-10-8-19(28)9-11-20/h4-15,24,30-31H,1-3H3/b25-23-. The monoisotopic (exact) mass is 461 g/mol. The van der Waals surface area contributed by atoms with Crippen LogP contribution >= 0.6 is 0 Å². The second-order valence-electron chi connectivity index (χ2n) is 8.39. The number of aryl methyl sites for hydroxylation is 1. The first-order valence-electron chi connectivity index (χ1n) is 10.8. The van der Waals surface area contributed by atoms with Crippen LogP contribution in [0.3, 0.4) is 0 Å². The van der Waals surface area contributed by atoms with Gasteiger partial charge in [0.1, 0.15) is 23.1 Å². The molecule has 1 saturated heterocycles. The summed E-state index contributed by atoms with van der Waals surface area (Å²) in [4.78, 5) is 27.5. The predicted molar refractivity (Wildman–Crippen MR) is 126 cm³/mol. The first-order chi connectivity index (χ1) is 16.2. The Balaban J connectivity index is 1.89. The summed E-state index contributed by atoms with van der Waals surface area (Å²) in [6.07, 6.45) is -0.0371. The fraction of sp³-hybridized carbons (Fsp3) is 0.185. The normalized spacial score (nSPS) is 17.4. The van der Waals surface area contributed by atoms with Gasteiger partial charge in [-0.25, -0.2) is 4.39 Å². The van der Waals surface area contributed by atoms with Gasteiger partial charge in [-0.2, -0.15) is 0 Å². The van der Waals surface area contributed by atoms with Crippen LogP contribution in [0.2, 0.25) is 0 Å². The highest BCUT2D eigenvalue weighted by Crippen LogP contribution is 2.43. The molecule has 1 heterocycles. The molecular weight excluding hydrogens is 437 g/mol. The number of aromatic hydroxyl groups is 1. The number of benzene rings is 3. The van der Waals surface area contributed by atoms with E-state index in [9.17, 15) is 24.2 Å². The van der Waals surface area contributed by atoms with Gasteiger partial charge in [0.05, 0.1) is 17.7 Å². The molecule has 1 aliphatic rings. The minimum atomic E-state index is -1.02. The summed E-state index contributed by atoms with van der Waals surface area (Å²) in [6.45, 7) is 5.62. The molecule has 2 N–H and O–H groups in total. The topological polar surface area (TPSA) is 87.1 Å². The van der Waals surface area contributed by atoms with Crippen molar-refractivity contribution in [1.29, 1.82) is 0 Å². The molecule has 1 fully saturated rings. The number of hydrogen-bond acceptors (Lipinski definition) is 5. The number of amides is 1. The quantitative estimate of drug-likeness (QED) is 0.308. The molecule has 0 saturated carbocycles. The van der Waals surface area contributed by atoms with Crippen molar-refractivity contribution in [3.05, 3.63) is 94.8 Å². The van der Waals surface area contributed by atoms with Crippen LogP contribution in [0.5, 0.6) is 11.5 Å². The van der Waals surface area contributed by atoms with E-state index < -0.39 is 23.5 Å². The van der Waals surface area contributed by atoms with Crippen molar-refractivity contribution in [3.8, 4) is 11.5 Å². The molecule has 0 bridgehead atoms. The molecule has 0 aromatic heterocycles. The summed E-state index contributed by atoms with van der Waals surface area (Å²) in [5.74, 6) is -2.01. The number of anilines is 1. The third kappa shape index (κ3) is 4.24. The van der Waals surface area contributed by atoms with E-state index in [1.54, 1.807) is 30.3 Å². The zero-order valence-electron chi connectivity index (χ0n) is 18.9. The summed E-state index contributed by atoms with van der Waals surface area (Å²) in [7, 11) is 0. The van der Waals surface area contributed by atoms with Gasteiger partial charge in [0.15, 0.2) is 0 Å². The molecule has 0 spiro atoms. The van der Waals surface area contributed by atoms with Crippen molar-refractivity contribution in [2.24, 2.45) is 0 Å². The molecule has 4 rings (SSSR count). The number of ketones is 1. The van der Waals surface area contributed by atoms with Crippen molar-refractivity contribution in [1.82, 2.24) is 0 Å². The van der Waals surface area contributed by atoms with Crippen LogP contribution in [0, 0.1) is 12.7 Å². The van der Waals surface area contributed by atoms with Crippen molar-refractivity contribution in [3.63, 3.8) is 0 Å². The number of nitrogens with zero attached hydrogens (tertiary/aromatic N) is 1. The number of phenols is 1. The lowest BCUT2D eigenvalue weighted by atomic mass is 9.94. The molecule has 1 unspecified atom stereocenters. The van der Waals surface area contributed by atoms with Gasteiger partial charge in [0, 0.05) is 11.3 Å². The number of carbonyl (C=O) groups excluding carboxylic acids is 2. The van der Waals surface area contributed by atoms with E-state index in [0.29, 0.717) is 16.9 Å². The fourth-order valence-electron chi connectivity index (χ4n) is 4.05. The Labute approximate surface area is 196 Å². The van der Waals surface area contributed by atoms with E-state index in [-0.39, 0.29) is 28.9 Å². The number of halogens is 1. The maximum atomic E-state index is 13.5. The van der Waals surface area contributed by atoms with Crippen molar-refractivity contribution >= 4 is 23.1 Å². The first kappa shape index (κ1) is 23.0. The Morgan fingerprint density at radius 1 is 1.03 bits per heavy atom. The Hall–Kier alpha value is -4.13. The highest BCUT2D eigenvalue weighted by Gasteiger charge is 2.47. The van der Waals surface area contributed by atoms with Crippen LogP contribution in [0.4, 0.5) is 10.1 Å². The second kappa shape index (κ2) is 9.02. The van der Waals surface area contributed by atoms with Crippen LogP contribution in [0.15, 0.2) is 72.3 Å². The summed E-state index contributed by atoms with van der Waals surface area (Å²) < 4.78 is 19.3. The van der Waals surface area contributed by atoms with Gasteiger partial charge in [0.25, 0.3) is 11.7 Å². The number of Topliss-reactive ketones (excluding diaryl/α,β-unsaturated/α-hetero) is 1. The number of phenolic OH excluding ortho intramolecular Hbond substituents is 1. The highest BCUT2D eigenvalue weighted by atomic mass is 19.1. The molecule has 7 heteroatoms. The van der Waals surface area contributed by atoms with Crippen LogP contribution in [0.25, 0.3) is 5.76 Å². The molecular formula is C27H24FNO5. The zero-order chi connectivity index (χ0) is 24.6. The minimum absolute atomic E-state index is 0.0371. The van der Waals surface area contributed by atoms with E-state index in [2.05, 4.69) is 0 Å². The lowest BCUT2D eigenvalue weighted by Gasteiger charge is -2.25. The average molecular weight is 461 g/mol. The van der Waals surface area contributed by atoms with Crippen molar-refractivity contribution in [2.75, 3.05) is 4.90 Å². The number of aliphatic hydroxyl groups is 1. The van der Waals surface area contributed by atoms with Crippen LogP contribution in [-0.4, -0.2) is 28.0 Å². The average Bonchev–Trinajstić information content (AvgIpc) is 3.05. The molecule has 1 atom stereocenters. The minimum Gasteiger partial charge on any atom is -0.508 e. The first-order valence-corrected chi connectivity index (χ1v) is 10.8. The zero-order valence-corrected chi connectivity index (χ0v) is 18.9. The van der Waals surface area contributed by atoms with E-state index in [1.165, 1.54) is 41.3 Å². The maximum absolute atomic E-state index is 13.5. The molecule has 0 radical (unpaired) electrons. The van der Waals surface area contributed by atoms with E-state index >= 15 is 0 Å². The number of carbonyl (C=O) groups is 2. The summed E-state index contributed by atoms with van der Waals surface area (Å²) in [5, 5.41) is 21.3. The Morgan fingerprint density at radius 3 is 2.35 bits per heavy atom. The molecule has 34 heavy (non-hydrogen) atoms. The van der Waals surface area contributed by atoms with Crippen LogP contribution < -0.4 is 9.64 Å². The fourth-order valence-corrected chi connectivity index (χ4v) is 4.05. The molecule has 1 amide bonds. The van der Waals surface area contributed by atoms with Gasteiger partial charge in [-0.15, -0.1) is 0 Å². The lowest BCUT2D eigenvalue weighted by Crippen LogP contribution is -2.29. The number of ether oxygens (including phenoxy) is 1. The molecule has 3 aromatic rings. The van der Waals surface area contributed by atoms with Crippen molar-refractivity contribution < 1.29 is 28.9 Å². The number of rotatable bonds is 5. The van der Waals surface area contributed by atoms with E-state index in [1.807, 2.05) is 20.8 Å². The summed E-state index contributed by atoms with van der Waals surface area (Å²) >= 11 is 0. The van der Waals surface area contributed by atoms with Gasteiger partial charge < -0.3 is 14.9 Å². The van der Waals surface area contributed by atoms with E-state index in [0.717, 1.165) is 5.56 Å². The largest absolute Gasteiger partial charge is 0.508 e. The van der Waals surface area contributed by atoms with Gasteiger partial charge in [-0.1, -0.05) is 12.1 Å². The Bertz CT molecular complexity index is 1300. The number of hydrogen-bond donors (Lipinski definition) is 2. The van der Waals surface area contributed by atoms with Gasteiger partial charge in [-0.05, 0) is 86.5 Å². The Morgan fingerprint density at radius 2 is 1.74 bits per heavy atom. The van der Waals surface area contributed by atoms with Crippen LogP contribution in [0.1, 0.15) is 36.6 Å². The van der Waals surface area contributed by atoms with E-state index in [4.69, 9.17) is 4.74 Å². The second-order valence-corrected chi connectivity index (χ2v) is 8.39. The summed E-state index contributed by atoms with van der Waals surface area (Å²) in [5.41, 5.74) is 1.67. The summed E-state index contributed by atoms with van der Waals surface area (Å²) in [6, 6.07) is 15.2. The predicted octanol–water partition coefficient (Wildman–Crippen LogP) is 5.25. The number of aliphatic hydroxyl groups excluding tert-OH is 1. The Kier molecular flexibility index (Phi) is 6.11. The molecule has 6 nitrogen and oxygen atoms in total. The molecule has 0 aliphatic carbocycles. The molecule has 1 aliphatic heterocycles.